The zero-order chi connectivity index (χ0) is 19.9. The average molecular weight is 406 g/mol. The van der Waals surface area contributed by atoms with E-state index in [4.69, 9.17) is 0 Å². The molecule has 27 heavy (non-hydrogen) atoms. The molecule has 0 saturated carbocycles. The molecule has 6 nitrogen and oxygen atoms in total. The molecule has 2 aromatic heterocycles. The maximum atomic E-state index is 13.3. The number of amides is 1. The van der Waals surface area contributed by atoms with E-state index in [9.17, 15) is 14.7 Å². The summed E-state index contributed by atoms with van der Waals surface area (Å²) in [4.78, 5) is 35.4. The van der Waals surface area contributed by atoms with E-state index < -0.39 is 17.7 Å². The number of aryl methyl sites for hydroxylation is 3. The highest BCUT2D eigenvalue weighted by atomic mass is 32.1. The third kappa shape index (κ3) is 3.56. The van der Waals surface area contributed by atoms with Gasteiger partial charge in [0.05, 0.1) is 27.2 Å². The number of hydrogen-bond donors (Lipinski definition) is 1. The predicted molar refractivity (Wildman–Crippen MR) is 108 cm³/mol. The fourth-order valence-corrected chi connectivity index (χ4v) is 5.15. The zero-order valence-electron chi connectivity index (χ0n) is 16.1. The maximum Gasteiger partial charge on any atom is 0.290 e. The Balaban J connectivity index is 2.09. The lowest BCUT2D eigenvalue weighted by Gasteiger charge is -2.27. The lowest BCUT2D eigenvalue weighted by Crippen LogP contribution is -2.36. The number of aliphatic hydroxyl groups excluding tert-OH is 1. The highest BCUT2D eigenvalue weighted by molar-refractivity contribution is 7.14. The molecule has 0 bridgehead atoms. The van der Waals surface area contributed by atoms with Crippen molar-refractivity contribution in [3.8, 4) is 0 Å². The Morgan fingerprint density at radius 3 is 2.56 bits per heavy atom. The van der Waals surface area contributed by atoms with Gasteiger partial charge in [-0.25, -0.2) is 4.98 Å². The third-order valence-corrected chi connectivity index (χ3v) is 6.74. The van der Waals surface area contributed by atoms with Crippen LogP contribution in [0.4, 0.5) is 0 Å². The van der Waals surface area contributed by atoms with Gasteiger partial charge >= 0.3 is 0 Å². The summed E-state index contributed by atoms with van der Waals surface area (Å²) in [5.41, 5.74) is 1.80. The largest absolute Gasteiger partial charge is 0.503 e. The van der Waals surface area contributed by atoms with Gasteiger partial charge in [-0.3, -0.25) is 9.59 Å². The van der Waals surface area contributed by atoms with Crippen LogP contribution in [0.3, 0.4) is 0 Å². The van der Waals surface area contributed by atoms with Gasteiger partial charge in [0.25, 0.3) is 5.91 Å². The Morgan fingerprint density at radius 1 is 1.33 bits per heavy atom. The van der Waals surface area contributed by atoms with Gasteiger partial charge in [-0.2, -0.15) is 0 Å². The number of aromatic nitrogens is 1. The van der Waals surface area contributed by atoms with Crippen LogP contribution in [0.5, 0.6) is 0 Å². The van der Waals surface area contributed by atoms with Gasteiger partial charge < -0.3 is 14.9 Å². The standard InChI is InChI=1S/C19H23N3O3S2/c1-10-6-9-26-17(10)14-13(15(23)18-11(2)20-12(3)27-18)16(24)19(25)22(14)8-7-21(4)5/h6,9,14,24H,7-8H2,1-5H3. The average Bonchev–Trinajstić information content (AvgIpc) is 3.23. The minimum atomic E-state index is -0.563. The normalized spacial score (nSPS) is 17.5. The van der Waals surface area contributed by atoms with Crippen LogP contribution in [0.1, 0.15) is 36.9 Å². The molecule has 1 aliphatic rings. The number of nitrogens with zero attached hydrogens (tertiary/aromatic N) is 3. The minimum absolute atomic E-state index is 0.163. The van der Waals surface area contributed by atoms with E-state index in [0.29, 0.717) is 23.7 Å². The van der Waals surface area contributed by atoms with Crippen molar-refractivity contribution in [2.24, 2.45) is 0 Å². The fraction of sp³-hybridized carbons (Fsp3) is 0.421. The lowest BCUT2D eigenvalue weighted by atomic mass is 9.98. The number of thiophene rings is 1. The molecule has 1 aliphatic heterocycles. The van der Waals surface area contributed by atoms with Crippen molar-refractivity contribution in [2.45, 2.75) is 26.8 Å². The predicted octanol–water partition coefficient (Wildman–Crippen LogP) is 3.27. The molecule has 3 heterocycles. The van der Waals surface area contributed by atoms with Gasteiger partial charge in [0, 0.05) is 18.0 Å². The second-order valence-electron chi connectivity index (χ2n) is 6.91. The van der Waals surface area contributed by atoms with Gasteiger partial charge in [0.2, 0.25) is 5.78 Å². The summed E-state index contributed by atoms with van der Waals surface area (Å²) in [6.07, 6.45) is 0. The first-order valence-electron chi connectivity index (χ1n) is 8.64. The van der Waals surface area contributed by atoms with Crippen molar-refractivity contribution in [3.05, 3.63) is 48.8 Å². The van der Waals surface area contributed by atoms with Crippen molar-refractivity contribution in [3.63, 3.8) is 0 Å². The van der Waals surface area contributed by atoms with Crippen LogP contribution in [-0.4, -0.2) is 58.8 Å². The SMILES string of the molecule is Cc1nc(C)c(C(=O)C2=C(O)C(=O)N(CCN(C)C)C2c2sccc2C)s1. The van der Waals surface area contributed by atoms with Crippen molar-refractivity contribution in [1.29, 1.82) is 0 Å². The number of thiazole rings is 1. The summed E-state index contributed by atoms with van der Waals surface area (Å²) in [5.74, 6) is -1.24. The summed E-state index contributed by atoms with van der Waals surface area (Å²) >= 11 is 2.79. The lowest BCUT2D eigenvalue weighted by molar-refractivity contribution is -0.129. The van der Waals surface area contributed by atoms with Crippen molar-refractivity contribution >= 4 is 34.4 Å². The van der Waals surface area contributed by atoms with E-state index in [2.05, 4.69) is 4.98 Å². The number of rotatable bonds is 6. The fourth-order valence-electron chi connectivity index (χ4n) is 3.23. The summed E-state index contributed by atoms with van der Waals surface area (Å²) in [7, 11) is 3.85. The number of aliphatic hydroxyl groups is 1. The first-order chi connectivity index (χ1) is 12.7. The van der Waals surface area contributed by atoms with Crippen LogP contribution in [-0.2, 0) is 4.79 Å². The number of carbonyl (C=O) groups excluding carboxylic acids is 2. The second-order valence-corrected chi connectivity index (χ2v) is 9.06. The number of ketones is 1. The maximum absolute atomic E-state index is 13.3. The summed E-state index contributed by atoms with van der Waals surface area (Å²) in [6.45, 7) is 6.64. The van der Waals surface area contributed by atoms with Gasteiger partial charge in [-0.05, 0) is 51.9 Å². The number of hydrogen-bond acceptors (Lipinski definition) is 7. The zero-order valence-corrected chi connectivity index (χ0v) is 17.7. The van der Waals surface area contributed by atoms with Crippen LogP contribution in [0.25, 0.3) is 0 Å². The monoisotopic (exact) mass is 405 g/mol. The van der Waals surface area contributed by atoms with Crippen molar-refractivity contribution in [2.75, 3.05) is 27.2 Å². The van der Waals surface area contributed by atoms with E-state index >= 15 is 0 Å². The number of carbonyl (C=O) groups is 2. The molecule has 0 spiro atoms. The highest BCUT2D eigenvalue weighted by Crippen LogP contribution is 2.42. The summed E-state index contributed by atoms with van der Waals surface area (Å²) < 4.78 is 0. The Morgan fingerprint density at radius 2 is 2.04 bits per heavy atom. The molecule has 0 aliphatic carbocycles. The smallest absolute Gasteiger partial charge is 0.290 e. The van der Waals surface area contributed by atoms with Crippen molar-refractivity contribution in [1.82, 2.24) is 14.8 Å². The van der Waals surface area contributed by atoms with Crippen LogP contribution in [0, 0.1) is 20.8 Å². The van der Waals surface area contributed by atoms with Crippen LogP contribution < -0.4 is 0 Å². The van der Waals surface area contributed by atoms with E-state index in [1.807, 2.05) is 44.3 Å². The molecular formula is C19H23N3O3S2. The van der Waals surface area contributed by atoms with E-state index in [-0.39, 0.29) is 11.4 Å². The quantitative estimate of drug-likeness (QED) is 0.747. The Bertz CT molecular complexity index is 927. The summed E-state index contributed by atoms with van der Waals surface area (Å²) in [6, 6.07) is 1.40. The van der Waals surface area contributed by atoms with Crippen LogP contribution in [0.2, 0.25) is 0 Å². The van der Waals surface area contributed by atoms with E-state index in [1.54, 1.807) is 11.8 Å². The Hall–Kier alpha value is -2.03. The molecule has 1 N–H and O–H groups in total. The van der Waals surface area contributed by atoms with E-state index in [1.165, 1.54) is 22.7 Å². The number of Topliss-reactive ketones (excluding diaryl/α,β-unsaturated/α-hetero) is 1. The van der Waals surface area contributed by atoms with Gasteiger partial charge in [-0.15, -0.1) is 22.7 Å². The molecule has 0 saturated heterocycles. The molecule has 0 aromatic carbocycles. The summed E-state index contributed by atoms with van der Waals surface area (Å²) in [5, 5.41) is 13.4. The van der Waals surface area contributed by atoms with Gasteiger partial charge in [0.15, 0.2) is 5.76 Å². The molecule has 1 unspecified atom stereocenters. The molecule has 1 amide bonds. The molecule has 0 fully saturated rings. The molecule has 1 atom stereocenters. The molecule has 8 heteroatoms. The van der Waals surface area contributed by atoms with Crippen molar-refractivity contribution < 1.29 is 14.7 Å². The number of likely N-dealkylation sites (N-methyl/N-ethyl adjacent to an activating group) is 1. The second kappa shape index (κ2) is 7.53. The first-order valence-corrected chi connectivity index (χ1v) is 10.3. The highest BCUT2D eigenvalue weighted by Gasteiger charge is 2.45. The first kappa shape index (κ1) is 19.7. The Labute approximate surface area is 166 Å². The molecule has 2 aromatic rings. The van der Waals surface area contributed by atoms with Gasteiger partial charge in [0.1, 0.15) is 0 Å². The molecule has 0 radical (unpaired) electrons. The van der Waals surface area contributed by atoms with E-state index in [0.717, 1.165) is 15.4 Å². The van der Waals surface area contributed by atoms with Crippen LogP contribution >= 0.6 is 22.7 Å². The topological polar surface area (TPSA) is 73.7 Å². The Kier molecular flexibility index (Phi) is 5.50. The third-order valence-electron chi connectivity index (χ3n) is 4.60. The van der Waals surface area contributed by atoms with Crippen LogP contribution in [0.15, 0.2) is 22.8 Å². The molecular weight excluding hydrogens is 382 g/mol. The molecule has 3 rings (SSSR count). The minimum Gasteiger partial charge on any atom is -0.503 e. The van der Waals surface area contributed by atoms with Gasteiger partial charge in [-0.1, -0.05) is 0 Å². The molecule has 144 valence electrons.